The summed E-state index contributed by atoms with van der Waals surface area (Å²) in [5, 5.41) is 2.80. The molecule has 0 atom stereocenters. The zero-order valence-corrected chi connectivity index (χ0v) is 12.9. The molecular formula is C14H20IN2O+. The van der Waals surface area contributed by atoms with Crippen molar-refractivity contribution in [2.45, 2.75) is 32.7 Å². The standard InChI is InChI=1S/C14H19IN2O/c1-13(18)16-9-5-14-6-11-17(12-7-14)10-4-2-3-8-15/h3,6-8,11-12H,2,4-5,9-10H2,1H3/p+1/b8-3+/i15-2. The van der Waals surface area contributed by atoms with Crippen LogP contribution in [0.1, 0.15) is 25.3 Å². The Morgan fingerprint density at radius 2 is 2.17 bits per heavy atom. The van der Waals surface area contributed by atoms with Crippen molar-refractivity contribution in [3.8, 4) is 0 Å². The molecule has 0 aliphatic heterocycles. The number of aryl methyl sites for hydroxylation is 1. The van der Waals surface area contributed by atoms with Gasteiger partial charge in [0.25, 0.3) is 0 Å². The highest BCUT2D eigenvalue weighted by atomic mass is 125. The third-order valence-electron chi connectivity index (χ3n) is 2.62. The summed E-state index contributed by atoms with van der Waals surface area (Å²) in [7, 11) is 0. The van der Waals surface area contributed by atoms with Gasteiger partial charge in [0.1, 0.15) is 6.54 Å². The van der Waals surface area contributed by atoms with Gasteiger partial charge in [0.05, 0.1) is 0 Å². The van der Waals surface area contributed by atoms with Crippen molar-refractivity contribution in [3.63, 3.8) is 0 Å². The van der Waals surface area contributed by atoms with Crippen LogP contribution in [0, 0.1) is 0 Å². The molecule has 1 aromatic heterocycles. The smallest absolute Gasteiger partial charge is 0.216 e. The van der Waals surface area contributed by atoms with Gasteiger partial charge in [-0.15, -0.1) is 0 Å². The van der Waals surface area contributed by atoms with E-state index in [4.69, 9.17) is 0 Å². The maximum absolute atomic E-state index is 10.7. The fourth-order valence-corrected chi connectivity index (χ4v) is 2.00. The minimum Gasteiger partial charge on any atom is -0.356 e. The van der Waals surface area contributed by atoms with Gasteiger partial charge in [-0.2, -0.15) is 0 Å². The molecule has 0 aromatic carbocycles. The Morgan fingerprint density at radius 1 is 1.44 bits per heavy atom. The van der Waals surface area contributed by atoms with Crippen LogP contribution >= 0.6 is 22.6 Å². The maximum atomic E-state index is 10.7. The second-order valence-electron chi connectivity index (χ2n) is 4.18. The number of carbonyl (C=O) groups is 1. The molecule has 18 heavy (non-hydrogen) atoms. The van der Waals surface area contributed by atoms with E-state index in [1.165, 1.54) is 5.56 Å². The molecule has 0 unspecified atom stereocenters. The van der Waals surface area contributed by atoms with Crippen LogP contribution < -0.4 is 9.88 Å². The maximum Gasteiger partial charge on any atom is 0.216 e. The zero-order valence-electron chi connectivity index (χ0n) is 10.7. The Kier molecular flexibility index (Phi) is 7.64. The second-order valence-corrected chi connectivity index (χ2v) is 4.90. The third kappa shape index (κ3) is 6.74. The molecule has 0 aliphatic rings. The predicted molar refractivity (Wildman–Crippen MR) is 81.4 cm³/mol. The summed E-state index contributed by atoms with van der Waals surface area (Å²) >= 11 is 2.25. The molecule has 1 N–H and O–H groups in total. The van der Waals surface area contributed by atoms with Crippen molar-refractivity contribution in [3.05, 3.63) is 40.2 Å². The lowest BCUT2D eigenvalue weighted by atomic mass is 10.2. The Balaban J connectivity index is 2.30. The highest BCUT2D eigenvalue weighted by Crippen LogP contribution is 1.97. The van der Waals surface area contributed by atoms with Crippen LogP contribution in [0.2, 0.25) is 0 Å². The highest BCUT2D eigenvalue weighted by molar-refractivity contribution is 14.1. The summed E-state index contributed by atoms with van der Waals surface area (Å²) < 4.78 is 4.26. The number of halogens is 1. The largest absolute Gasteiger partial charge is 0.356 e. The highest BCUT2D eigenvalue weighted by Gasteiger charge is 2.00. The minimum atomic E-state index is 0.0318. The number of pyridine rings is 1. The molecule has 0 fully saturated rings. The normalized spacial score (nSPS) is 10.8. The molecule has 4 heteroatoms. The number of amides is 1. The van der Waals surface area contributed by atoms with Crippen molar-refractivity contribution in [2.24, 2.45) is 0 Å². The number of rotatable bonds is 7. The SMILES string of the molecule is CC(=O)NCCc1cc[n+](CCC/C=C/[125I])cc1. The molecule has 0 saturated carbocycles. The van der Waals surface area contributed by atoms with Gasteiger partial charge >= 0.3 is 0 Å². The van der Waals surface area contributed by atoms with Crippen LogP contribution in [0.3, 0.4) is 0 Å². The van der Waals surface area contributed by atoms with Crippen molar-refractivity contribution in [1.82, 2.24) is 5.32 Å². The van der Waals surface area contributed by atoms with Gasteiger partial charge in [0.2, 0.25) is 5.91 Å². The van der Waals surface area contributed by atoms with E-state index >= 15 is 0 Å². The number of aromatic nitrogens is 1. The molecule has 0 bridgehead atoms. The third-order valence-corrected chi connectivity index (χ3v) is 3.13. The molecule has 1 aromatic rings. The van der Waals surface area contributed by atoms with Crippen molar-refractivity contribution in [2.75, 3.05) is 6.54 Å². The predicted octanol–water partition coefficient (Wildman–Crippen LogP) is 2.38. The molecule has 0 aliphatic carbocycles. The average molecular weight is 357 g/mol. The van der Waals surface area contributed by atoms with Gasteiger partial charge in [-0.25, -0.2) is 4.57 Å². The first-order chi connectivity index (χ1) is 8.72. The van der Waals surface area contributed by atoms with Crippen LogP contribution in [-0.4, -0.2) is 12.5 Å². The van der Waals surface area contributed by atoms with Gasteiger partial charge in [-0.1, -0.05) is 28.7 Å². The van der Waals surface area contributed by atoms with Gasteiger partial charge in [0.15, 0.2) is 12.4 Å². The van der Waals surface area contributed by atoms with Crippen LogP contribution in [0.15, 0.2) is 34.7 Å². The Hall–Kier alpha value is -0.910. The quantitative estimate of drug-likeness (QED) is 0.454. The fourth-order valence-electron chi connectivity index (χ4n) is 1.64. The Bertz CT molecular complexity index is 387. The number of nitrogens with one attached hydrogen (secondary N) is 1. The van der Waals surface area contributed by atoms with E-state index < -0.39 is 0 Å². The summed E-state index contributed by atoms with van der Waals surface area (Å²) in [6, 6.07) is 4.24. The topological polar surface area (TPSA) is 33.0 Å². The lowest BCUT2D eigenvalue weighted by Gasteiger charge is -2.02. The first kappa shape index (κ1) is 15.1. The van der Waals surface area contributed by atoms with Crippen molar-refractivity contribution < 1.29 is 9.36 Å². The molecule has 0 saturated heterocycles. The number of nitrogens with zero attached hydrogens (tertiary/aromatic N) is 1. The number of allylic oxidation sites excluding steroid dienone is 1. The first-order valence-corrected chi connectivity index (χ1v) is 7.44. The van der Waals surface area contributed by atoms with E-state index in [9.17, 15) is 4.79 Å². The molecule has 1 rings (SSSR count). The van der Waals surface area contributed by atoms with Gasteiger partial charge in [-0.3, -0.25) is 4.79 Å². The lowest BCUT2D eigenvalue weighted by Crippen LogP contribution is -2.32. The summed E-state index contributed by atoms with van der Waals surface area (Å²) in [6.07, 6.45) is 9.57. The molecule has 0 radical (unpaired) electrons. The van der Waals surface area contributed by atoms with E-state index in [-0.39, 0.29) is 5.91 Å². The lowest BCUT2D eigenvalue weighted by molar-refractivity contribution is -0.697. The molecule has 0 spiro atoms. The summed E-state index contributed by atoms with van der Waals surface area (Å²) in [6.45, 7) is 3.30. The van der Waals surface area contributed by atoms with Gasteiger partial charge < -0.3 is 5.32 Å². The van der Waals surface area contributed by atoms with Crippen molar-refractivity contribution in [1.29, 1.82) is 0 Å². The van der Waals surface area contributed by atoms with Crippen molar-refractivity contribution >= 4 is 28.5 Å². The number of hydrogen-bond acceptors (Lipinski definition) is 1. The average Bonchev–Trinajstić information content (AvgIpc) is 2.36. The second kappa shape index (κ2) is 9.08. The fraction of sp³-hybridized carbons (Fsp3) is 0.429. The van der Waals surface area contributed by atoms with Crippen LogP contribution in [0.25, 0.3) is 0 Å². The van der Waals surface area contributed by atoms with Crippen LogP contribution in [0.5, 0.6) is 0 Å². The van der Waals surface area contributed by atoms with E-state index in [0.717, 1.165) is 25.8 Å². The van der Waals surface area contributed by atoms with E-state index in [0.29, 0.717) is 6.54 Å². The molecular weight excluding hydrogens is 337 g/mol. The Morgan fingerprint density at radius 3 is 2.78 bits per heavy atom. The van der Waals surface area contributed by atoms with E-state index in [1.807, 2.05) is 0 Å². The number of unbranched alkanes of at least 4 members (excludes halogenated alkanes) is 1. The van der Waals surface area contributed by atoms with E-state index in [1.54, 1.807) is 6.92 Å². The zero-order chi connectivity index (χ0) is 13.2. The molecule has 98 valence electrons. The summed E-state index contributed by atoms with van der Waals surface area (Å²) in [4.78, 5) is 10.7. The first-order valence-electron chi connectivity index (χ1n) is 6.20. The summed E-state index contributed by atoms with van der Waals surface area (Å²) in [5.41, 5.74) is 1.26. The van der Waals surface area contributed by atoms with Gasteiger partial charge in [-0.05, 0) is 22.5 Å². The van der Waals surface area contributed by atoms with E-state index in [2.05, 4.69) is 67.2 Å². The number of carbonyl (C=O) groups excluding carboxylic acids is 1. The molecule has 1 heterocycles. The van der Waals surface area contributed by atoms with Gasteiger partial charge in [0, 0.05) is 32.0 Å². The summed E-state index contributed by atoms with van der Waals surface area (Å²) in [5.74, 6) is 0.0318. The Labute approximate surface area is 122 Å². The minimum absolute atomic E-state index is 0.0318. The molecule has 3 nitrogen and oxygen atoms in total. The number of hydrogen-bond donors (Lipinski definition) is 1. The monoisotopic (exact) mass is 357 g/mol. The van der Waals surface area contributed by atoms with Crippen LogP contribution in [-0.2, 0) is 17.8 Å². The van der Waals surface area contributed by atoms with Crippen LogP contribution in [0.4, 0.5) is 0 Å². The molecule has 1 amide bonds.